The van der Waals surface area contributed by atoms with E-state index in [1.54, 1.807) is 12.1 Å². The molecule has 8 atom stereocenters. The van der Waals surface area contributed by atoms with Crippen LogP contribution in [0.25, 0.3) is 0 Å². The van der Waals surface area contributed by atoms with Crippen LogP contribution in [0, 0.1) is 0 Å². The van der Waals surface area contributed by atoms with Crippen LogP contribution in [-0.2, 0) is 16.1 Å². The van der Waals surface area contributed by atoms with E-state index in [-0.39, 0.29) is 29.6 Å². The lowest BCUT2D eigenvalue weighted by molar-refractivity contribution is -0.277. The number of benzene rings is 2. The monoisotopic (exact) mass is 464 g/mol. The molecule has 0 bridgehead atoms. The molecule has 0 amide bonds. The maximum Gasteiger partial charge on any atom is 0.229 e. The van der Waals surface area contributed by atoms with E-state index in [1.807, 2.05) is 0 Å². The highest BCUT2D eigenvalue weighted by atomic mass is 16.7. The van der Waals surface area contributed by atoms with Crippen LogP contribution >= 0.6 is 0 Å². The van der Waals surface area contributed by atoms with Crippen molar-refractivity contribution in [1.29, 1.82) is 0 Å². The summed E-state index contributed by atoms with van der Waals surface area (Å²) in [5.41, 5.74) is 1.36. The fraction of sp³-hybridized carbons (Fsp3) is 0.455. The number of aliphatic hydroxyl groups is 5. The number of aromatic hydroxyl groups is 2. The van der Waals surface area contributed by atoms with E-state index in [9.17, 15) is 35.7 Å². The maximum absolute atomic E-state index is 10.9. The van der Waals surface area contributed by atoms with Gasteiger partial charge in [0.1, 0.15) is 48.1 Å². The summed E-state index contributed by atoms with van der Waals surface area (Å²) in [6.07, 6.45) is -9.74. The summed E-state index contributed by atoms with van der Waals surface area (Å²) < 4.78 is 22.8. The topological polar surface area (TPSA) is 179 Å². The summed E-state index contributed by atoms with van der Waals surface area (Å²) in [7, 11) is 0. The van der Waals surface area contributed by atoms with Gasteiger partial charge in [0.05, 0.1) is 13.2 Å². The molecule has 0 aliphatic carbocycles. The van der Waals surface area contributed by atoms with Crippen LogP contribution in [0.4, 0.5) is 0 Å². The normalized spacial score (nSPS) is 35.1. The number of phenolic OH excluding ortho intramolecular Hbond substituents is 2. The summed E-state index contributed by atoms with van der Waals surface area (Å²) in [6.45, 7) is -0.597. The average Bonchev–Trinajstić information content (AvgIpc) is 2.81. The number of fused-ring (bicyclic) bond motifs is 4. The van der Waals surface area contributed by atoms with Crippen LogP contribution in [0.2, 0.25) is 0 Å². The van der Waals surface area contributed by atoms with Crippen molar-refractivity contribution < 1.29 is 54.7 Å². The SMILES string of the molecule is OC[C@@H]1O[C@@H](Oc2ccc3c(c2)O[C@@H]2c4ccc(O)c(O)c4CO[C@H]2[C@H]3O)[C@@H](O)[C@H](O)[C@@H]1O. The highest BCUT2D eigenvalue weighted by Gasteiger charge is 2.46. The highest BCUT2D eigenvalue weighted by molar-refractivity contribution is 5.52. The molecule has 2 aromatic rings. The number of hydrogen-bond acceptors (Lipinski definition) is 11. The summed E-state index contributed by atoms with van der Waals surface area (Å²) in [6, 6.07) is 7.46. The summed E-state index contributed by atoms with van der Waals surface area (Å²) in [5.74, 6) is -0.165. The van der Waals surface area contributed by atoms with Gasteiger partial charge >= 0.3 is 0 Å². The zero-order chi connectivity index (χ0) is 23.4. The van der Waals surface area contributed by atoms with E-state index in [2.05, 4.69) is 0 Å². The van der Waals surface area contributed by atoms with Crippen LogP contribution in [0.3, 0.4) is 0 Å². The number of aliphatic hydroxyl groups excluding tert-OH is 5. The van der Waals surface area contributed by atoms with Gasteiger partial charge in [-0.1, -0.05) is 6.07 Å². The minimum Gasteiger partial charge on any atom is -0.504 e. The zero-order valence-corrected chi connectivity index (χ0v) is 17.2. The largest absolute Gasteiger partial charge is 0.504 e. The van der Waals surface area contributed by atoms with E-state index in [4.69, 9.17) is 18.9 Å². The van der Waals surface area contributed by atoms with Crippen LogP contribution in [0.5, 0.6) is 23.0 Å². The van der Waals surface area contributed by atoms with Crippen LogP contribution in [-0.4, -0.2) is 79.2 Å². The molecule has 178 valence electrons. The van der Waals surface area contributed by atoms with Crippen molar-refractivity contribution in [3.05, 3.63) is 47.0 Å². The van der Waals surface area contributed by atoms with Gasteiger partial charge in [0.2, 0.25) is 6.29 Å². The van der Waals surface area contributed by atoms with Crippen LogP contribution < -0.4 is 9.47 Å². The van der Waals surface area contributed by atoms with Gasteiger partial charge in [-0.3, -0.25) is 0 Å². The van der Waals surface area contributed by atoms with Gasteiger partial charge < -0.3 is 54.7 Å². The Morgan fingerprint density at radius 2 is 1.70 bits per heavy atom. The van der Waals surface area contributed by atoms with Gasteiger partial charge in [-0.2, -0.15) is 0 Å². The maximum atomic E-state index is 10.9. The summed E-state index contributed by atoms with van der Waals surface area (Å²) in [4.78, 5) is 0. The quantitative estimate of drug-likeness (QED) is 0.287. The third kappa shape index (κ3) is 3.58. The van der Waals surface area contributed by atoms with Gasteiger partial charge in [0.25, 0.3) is 0 Å². The molecule has 0 saturated carbocycles. The fourth-order valence-corrected chi connectivity index (χ4v) is 4.44. The molecule has 0 unspecified atom stereocenters. The Labute approximate surface area is 187 Å². The van der Waals surface area contributed by atoms with Crippen LogP contribution in [0.15, 0.2) is 30.3 Å². The van der Waals surface area contributed by atoms with Crippen molar-refractivity contribution in [2.24, 2.45) is 0 Å². The van der Waals surface area contributed by atoms with E-state index in [0.29, 0.717) is 16.7 Å². The Morgan fingerprint density at radius 1 is 0.939 bits per heavy atom. The van der Waals surface area contributed by atoms with E-state index < -0.39 is 55.6 Å². The number of ether oxygens (including phenoxy) is 4. The first-order valence-corrected chi connectivity index (χ1v) is 10.4. The third-order valence-corrected chi connectivity index (χ3v) is 6.29. The van der Waals surface area contributed by atoms with Crippen LogP contribution in [0.1, 0.15) is 28.9 Å². The minimum atomic E-state index is -1.59. The molecule has 1 saturated heterocycles. The van der Waals surface area contributed by atoms with Crippen molar-refractivity contribution in [3.8, 4) is 23.0 Å². The predicted molar refractivity (Wildman–Crippen MR) is 108 cm³/mol. The molecule has 11 nitrogen and oxygen atoms in total. The zero-order valence-electron chi connectivity index (χ0n) is 17.2. The minimum absolute atomic E-state index is 0.00914. The Balaban J connectivity index is 1.42. The van der Waals surface area contributed by atoms with Crippen molar-refractivity contribution >= 4 is 0 Å². The smallest absolute Gasteiger partial charge is 0.229 e. The molecule has 2 aromatic carbocycles. The van der Waals surface area contributed by atoms with Crippen molar-refractivity contribution in [1.82, 2.24) is 0 Å². The molecule has 3 aliphatic rings. The van der Waals surface area contributed by atoms with E-state index in [0.717, 1.165) is 0 Å². The molecule has 3 heterocycles. The lowest BCUT2D eigenvalue weighted by Crippen LogP contribution is -2.60. The number of hydrogen-bond donors (Lipinski definition) is 7. The molecule has 5 rings (SSSR count). The molecule has 3 aliphatic heterocycles. The van der Waals surface area contributed by atoms with Crippen molar-refractivity contribution in [2.45, 2.75) is 55.6 Å². The lowest BCUT2D eigenvalue weighted by atomic mass is 9.87. The molecular weight excluding hydrogens is 440 g/mol. The second-order valence-corrected chi connectivity index (χ2v) is 8.27. The van der Waals surface area contributed by atoms with E-state index in [1.165, 1.54) is 18.2 Å². The van der Waals surface area contributed by atoms with Gasteiger partial charge in [-0.25, -0.2) is 0 Å². The van der Waals surface area contributed by atoms with Gasteiger partial charge in [-0.15, -0.1) is 0 Å². The molecule has 7 N–H and O–H groups in total. The molecule has 0 spiro atoms. The molecule has 33 heavy (non-hydrogen) atoms. The predicted octanol–water partition coefficient (Wildman–Crippen LogP) is -0.658. The third-order valence-electron chi connectivity index (χ3n) is 6.29. The Morgan fingerprint density at radius 3 is 2.45 bits per heavy atom. The lowest BCUT2D eigenvalue weighted by Gasteiger charge is -2.41. The first-order valence-electron chi connectivity index (χ1n) is 10.4. The molecule has 0 aromatic heterocycles. The Kier molecular flexibility index (Phi) is 5.57. The summed E-state index contributed by atoms with van der Waals surface area (Å²) >= 11 is 0. The van der Waals surface area contributed by atoms with E-state index >= 15 is 0 Å². The number of phenols is 2. The average molecular weight is 464 g/mol. The molecule has 1 fully saturated rings. The standard InChI is InChI=1S/C22H24O11/c23-6-14-17(27)18(28)19(29)22(33-14)31-8-1-2-10-13(5-8)32-20-9-3-4-12(24)15(25)11(9)7-30-21(20)16(10)26/h1-5,14,16-29H,6-7H2/t14-,16-,17+,18+,19-,20+,21-,22+/m0/s1. The van der Waals surface area contributed by atoms with Crippen molar-refractivity contribution in [3.63, 3.8) is 0 Å². The second kappa shape index (κ2) is 8.29. The number of rotatable bonds is 3. The second-order valence-electron chi connectivity index (χ2n) is 8.27. The summed E-state index contributed by atoms with van der Waals surface area (Å²) in [5, 5.41) is 70.2. The van der Waals surface area contributed by atoms with Gasteiger partial charge in [0.15, 0.2) is 17.6 Å². The first-order chi connectivity index (χ1) is 15.8. The van der Waals surface area contributed by atoms with Crippen molar-refractivity contribution in [2.75, 3.05) is 6.61 Å². The first kappa shape index (κ1) is 22.2. The molecular formula is C22H24O11. The highest BCUT2D eigenvalue weighted by Crippen LogP contribution is 2.49. The molecule has 11 heteroatoms. The van der Waals surface area contributed by atoms with Gasteiger partial charge in [0, 0.05) is 22.8 Å². The Bertz CT molecular complexity index is 1040. The Hall–Kier alpha value is -2.64. The fourth-order valence-electron chi connectivity index (χ4n) is 4.44. The van der Waals surface area contributed by atoms with Gasteiger partial charge in [-0.05, 0) is 18.2 Å². The molecule has 0 radical (unpaired) electrons.